The highest BCUT2D eigenvalue weighted by Gasteiger charge is 2.38. The van der Waals surface area contributed by atoms with Crippen molar-refractivity contribution in [3.8, 4) is 0 Å². The molecule has 0 radical (unpaired) electrons. The highest BCUT2D eigenvalue weighted by Crippen LogP contribution is 2.37. The third-order valence-electron chi connectivity index (χ3n) is 4.04. The van der Waals surface area contributed by atoms with E-state index >= 15 is 0 Å². The van der Waals surface area contributed by atoms with Gasteiger partial charge in [0.1, 0.15) is 0 Å². The fraction of sp³-hybridized carbons (Fsp3) is 0.786. The maximum atomic E-state index is 6.32. The molecule has 1 unspecified atom stereocenters. The molecule has 116 valence electrons. The summed E-state index contributed by atoms with van der Waals surface area (Å²) in [5, 5.41) is 7.92. The van der Waals surface area contributed by atoms with Gasteiger partial charge in [-0.15, -0.1) is 0 Å². The van der Waals surface area contributed by atoms with Gasteiger partial charge in [0, 0.05) is 20.1 Å². The minimum Gasteiger partial charge on any atom is -0.413 e. The number of aromatic nitrogens is 2. The summed E-state index contributed by atoms with van der Waals surface area (Å²) < 4.78 is 9.26. The Morgan fingerprint density at radius 1 is 1.45 bits per heavy atom. The molecule has 0 aliphatic rings. The molecule has 0 amide bonds. The van der Waals surface area contributed by atoms with Crippen LogP contribution in [0.25, 0.3) is 0 Å². The molecule has 0 spiro atoms. The second-order valence-electron chi connectivity index (χ2n) is 6.88. The molecule has 0 saturated carbocycles. The van der Waals surface area contributed by atoms with Gasteiger partial charge in [-0.1, -0.05) is 20.8 Å². The van der Waals surface area contributed by atoms with E-state index in [2.05, 4.69) is 67.1 Å². The Morgan fingerprint density at radius 3 is 2.50 bits per heavy atom. The second-order valence-corrected chi connectivity index (χ2v) is 12.5. The highest BCUT2D eigenvalue weighted by atomic mass is 79.9. The second kappa shape index (κ2) is 6.73. The number of rotatable bonds is 6. The van der Waals surface area contributed by atoms with Crippen LogP contribution >= 0.6 is 15.9 Å². The zero-order chi connectivity index (χ0) is 15.6. The van der Waals surface area contributed by atoms with E-state index in [1.165, 1.54) is 0 Å². The Bertz CT molecular complexity index is 421. The van der Waals surface area contributed by atoms with Crippen molar-refractivity contribution >= 4 is 24.2 Å². The topological polar surface area (TPSA) is 39.1 Å². The van der Waals surface area contributed by atoms with Gasteiger partial charge < -0.3 is 9.74 Å². The molecule has 0 aliphatic heterocycles. The first-order valence-corrected chi connectivity index (χ1v) is 10.8. The van der Waals surface area contributed by atoms with Crippen LogP contribution in [0.3, 0.4) is 0 Å². The van der Waals surface area contributed by atoms with Gasteiger partial charge in [-0.25, -0.2) is 0 Å². The number of hydrogen-bond donors (Lipinski definition) is 1. The quantitative estimate of drug-likeness (QED) is 0.785. The van der Waals surface area contributed by atoms with Crippen LogP contribution in [-0.2, 0) is 18.0 Å². The number of hydrogen-bond acceptors (Lipinski definition) is 3. The van der Waals surface area contributed by atoms with Gasteiger partial charge in [0.15, 0.2) is 8.32 Å². The lowest BCUT2D eigenvalue weighted by atomic mass is 10.2. The molecule has 1 heterocycles. The zero-order valence-electron chi connectivity index (χ0n) is 13.7. The van der Waals surface area contributed by atoms with Crippen molar-refractivity contribution in [1.29, 1.82) is 0 Å². The molecule has 1 aromatic heterocycles. The normalized spacial score (nSPS) is 14.6. The van der Waals surface area contributed by atoms with E-state index < -0.39 is 8.32 Å². The molecule has 0 fully saturated rings. The SMILES string of the molecule is CC(CNCc1c(Br)cnn1C)O[Si](C)(C)C(C)(C)C. The first-order chi connectivity index (χ1) is 9.04. The van der Waals surface area contributed by atoms with E-state index in [1.54, 1.807) is 0 Å². The summed E-state index contributed by atoms with van der Waals surface area (Å²) in [5.41, 5.74) is 1.16. The van der Waals surface area contributed by atoms with Crippen molar-refractivity contribution in [2.45, 2.75) is 58.5 Å². The van der Waals surface area contributed by atoms with E-state index in [0.717, 1.165) is 23.3 Å². The summed E-state index contributed by atoms with van der Waals surface area (Å²) in [6.07, 6.45) is 2.05. The van der Waals surface area contributed by atoms with Crippen molar-refractivity contribution < 1.29 is 4.43 Å². The molecule has 1 N–H and O–H groups in total. The zero-order valence-corrected chi connectivity index (χ0v) is 16.3. The lowest BCUT2D eigenvalue weighted by molar-refractivity contribution is 0.194. The van der Waals surface area contributed by atoms with Crippen LogP contribution in [0.15, 0.2) is 10.7 Å². The number of nitrogens with zero attached hydrogens (tertiary/aromatic N) is 2. The lowest BCUT2D eigenvalue weighted by Gasteiger charge is -2.38. The van der Waals surface area contributed by atoms with Crippen LogP contribution < -0.4 is 5.32 Å². The van der Waals surface area contributed by atoms with Gasteiger partial charge in [-0.05, 0) is 41.0 Å². The highest BCUT2D eigenvalue weighted by molar-refractivity contribution is 9.10. The summed E-state index contributed by atoms with van der Waals surface area (Å²) in [7, 11) is 0.283. The fourth-order valence-corrected chi connectivity index (χ4v) is 3.68. The first-order valence-electron chi connectivity index (χ1n) is 7.09. The van der Waals surface area contributed by atoms with Crippen molar-refractivity contribution in [2.75, 3.05) is 6.54 Å². The molecular weight excluding hydrogens is 334 g/mol. The molecule has 4 nitrogen and oxygen atoms in total. The van der Waals surface area contributed by atoms with Gasteiger partial charge in [-0.3, -0.25) is 4.68 Å². The third kappa shape index (κ3) is 4.68. The third-order valence-corrected chi connectivity index (χ3v) is 9.30. The molecular formula is C14H28BrN3OSi. The van der Waals surface area contributed by atoms with Crippen LogP contribution in [0.4, 0.5) is 0 Å². The van der Waals surface area contributed by atoms with Crippen molar-refractivity contribution in [2.24, 2.45) is 7.05 Å². The maximum absolute atomic E-state index is 6.32. The van der Waals surface area contributed by atoms with Crippen LogP contribution in [0, 0.1) is 0 Å². The van der Waals surface area contributed by atoms with E-state index in [1.807, 2.05) is 17.9 Å². The van der Waals surface area contributed by atoms with E-state index in [0.29, 0.717) is 0 Å². The van der Waals surface area contributed by atoms with Gasteiger partial charge in [0.2, 0.25) is 0 Å². The Kier molecular flexibility index (Phi) is 6.01. The number of nitrogens with one attached hydrogen (secondary N) is 1. The predicted molar refractivity (Wildman–Crippen MR) is 90.4 cm³/mol. The van der Waals surface area contributed by atoms with E-state index in [4.69, 9.17) is 4.43 Å². The molecule has 0 aliphatic carbocycles. The summed E-state index contributed by atoms with van der Waals surface area (Å²) in [6.45, 7) is 15.2. The molecule has 20 heavy (non-hydrogen) atoms. The molecule has 1 aromatic rings. The maximum Gasteiger partial charge on any atom is 0.192 e. The van der Waals surface area contributed by atoms with Crippen LogP contribution in [0.1, 0.15) is 33.4 Å². The standard InChI is InChI=1S/C14H28BrN3OSi/c1-11(19-20(6,7)14(2,3)4)8-16-10-13-12(15)9-17-18(13)5/h9,11,16H,8,10H2,1-7H3. The van der Waals surface area contributed by atoms with E-state index in [-0.39, 0.29) is 11.1 Å². The monoisotopic (exact) mass is 361 g/mol. The molecule has 0 aromatic carbocycles. The first kappa shape index (κ1) is 17.9. The summed E-state index contributed by atoms with van der Waals surface area (Å²) in [5.74, 6) is 0. The van der Waals surface area contributed by atoms with Crippen molar-refractivity contribution in [3.63, 3.8) is 0 Å². The molecule has 0 saturated heterocycles. The number of halogens is 1. The van der Waals surface area contributed by atoms with Crippen molar-refractivity contribution in [1.82, 2.24) is 15.1 Å². The van der Waals surface area contributed by atoms with E-state index in [9.17, 15) is 0 Å². The van der Waals surface area contributed by atoms with Crippen LogP contribution in [0.2, 0.25) is 18.1 Å². The Balaban J connectivity index is 2.43. The lowest BCUT2D eigenvalue weighted by Crippen LogP contribution is -2.45. The molecule has 1 rings (SSSR count). The summed E-state index contributed by atoms with van der Waals surface area (Å²) in [4.78, 5) is 0. The average Bonchev–Trinajstić information content (AvgIpc) is 2.58. The van der Waals surface area contributed by atoms with Gasteiger partial charge >= 0.3 is 0 Å². The average molecular weight is 362 g/mol. The minimum absolute atomic E-state index is 0.225. The van der Waals surface area contributed by atoms with Gasteiger partial charge in [-0.2, -0.15) is 5.10 Å². The Labute approximate surface area is 132 Å². The van der Waals surface area contributed by atoms with Gasteiger partial charge in [0.25, 0.3) is 0 Å². The predicted octanol–water partition coefficient (Wildman–Crippen LogP) is 3.68. The summed E-state index contributed by atoms with van der Waals surface area (Å²) in [6, 6.07) is 0. The largest absolute Gasteiger partial charge is 0.413 e. The number of aryl methyl sites for hydroxylation is 1. The molecule has 0 bridgehead atoms. The molecule has 6 heteroatoms. The Hall–Kier alpha value is -0.173. The van der Waals surface area contributed by atoms with Crippen molar-refractivity contribution in [3.05, 3.63) is 16.4 Å². The van der Waals surface area contributed by atoms with Crippen LogP contribution in [0.5, 0.6) is 0 Å². The summed E-state index contributed by atoms with van der Waals surface area (Å²) >= 11 is 3.51. The fourth-order valence-electron chi connectivity index (χ4n) is 1.75. The van der Waals surface area contributed by atoms with Gasteiger partial charge in [0.05, 0.1) is 22.5 Å². The Morgan fingerprint density at radius 2 is 2.05 bits per heavy atom. The van der Waals surface area contributed by atoms with Crippen LogP contribution in [-0.4, -0.2) is 30.7 Å². The molecule has 1 atom stereocenters. The smallest absolute Gasteiger partial charge is 0.192 e. The minimum atomic E-state index is -1.67.